The first-order chi connectivity index (χ1) is 9.12. The second kappa shape index (κ2) is 4.98. The maximum Gasteiger partial charge on any atom is 0.153 e. The van der Waals surface area contributed by atoms with Crippen LogP contribution in [0, 0.1) is 5.82 Å². The molecule has 7 heteroatoms. The summed E-state index contributed by atoms with van der Waals surface area (Å²) in [6.45, 7) is 7.50. The molecule has 20 heavy (non-hydrogen) atoms. The van der Waals surface area contributed by atoms with Crippen LogP contribution >= 0.6 is 0 Å². The molecule has 0 amide bonds. The van der Waals surface area contributed by atoms with Crippen LogP contribution in [-0.4, -0.2) is 21.7 Å². The molecule has 0 spiro atoms. The number of rotatable bonds is 3. The molecule has 1 aliphatic rings. The average molecular weight is 302 g/mol. The number of hydrogen-bond donors (Lipinski definition) is 1. The highest BCUT2D eigenvalue weighted by Crippen LogP contribution is 2.40. The van der Waals surface area contributed by atoms with Crippen molar-refractivity contribution >= 4 is 22.4 Å². The molecule has 0 radical (unpaired) electrons. The van der Waals surface area contributed by atoms with Gasteiger partial charge in [-0.05, 0) is 39.8 Å². The van der Waals surface area contributed by atoms with E-state index in [1.807, 2.05) is 27.7 Å². The molecule has 2 rings (SSSR count). The summed E-state index contributed by atoms with van der Waals surface area (Å²) in [5.74, 6) is -0.519. The Morgan fingerprint density at radius 1 is 1.20 bits per heavy atom. The van der Waals surface area contributed by atoms with Gasteiger partial charge < -0.3 is 4.72 Å². The standard InChI is InChI=1S/C13H19FN2O3S/c1-12(2)13(3,4)19-16(18-12)11-7-6-9(8-10(11)14)15-20(5)17/h6-8,15H,1-5H3. The highest BCUT2D eigenvalue weighted by molar-refractivity contribution is 7.85. The lowest BCUT2D eigenvalue weighted by molar-refractivity contribution is -0.0287. The predicted octanol–water partition coefficient (Wildman–Crippen LogP) is 2.77. The van der Waals surface area contributed by atoms with E-state index in [0.29, 0.717) is 5.69 Å². The van der Waals surface area contributed by atoms with Crippen molar-refractivity contribution in [1.82, 2.24) is 0 Å². The van der Waals surface area contributed by atoms with Crippen LogP contribution < -0.4 is 9.95 Å². The lowest BCUT2D eigenvalue weighted by atomic mass is 9.90. The van der Waals surface area contributed by atoms with Gasteiger partial charge in [-0.3, -0.25) is 0 Å². The minimum Gasteiger partial charge on any atom is -0.305 e. The van der Waals surface area contributed by atoms with E-state index in [1.54, 1.807) is 6.07 Å². The Hall–Kier alpha value is -1.18. The first-order valence-corrected chi connectivity index (χ1v) is 7.76. The monoisotopic (exact) mass is 302 g/mol. The normalized spacial score (nSPS) is 21.8. The molecule has 0 saturated carbocycles. The highest BCUT2D eigenvalue weighted by Gasteiger charge is 2.50. The zero-order valence-electron chi connectivity index (χ0n) is 12.2. The largest absolute Gasteiger partial charge is 0.305 e. The predicted molar refractivity (Wildman–Crippen MR) is 76.9 cm³/mol. The van der Waals surface area contributed by atoms with Gasteiger partial charge in [-0.15, -0.1) is 5.23 Å². The first kappa shape index (κ1) is 15.2. The van der Waals surface area contributed by atoms with E-state index in [-0.39, 0.29) is 5.69 Å². The maximum atomic E-state index is 14.1. The van der Waals surface area contributed by atoms with Crippen LogP contribution in [0.1, 0.15) is 27.7 Å². The van der Waals surface area contributed by atoms with Crippen LogP contribution in [0.3, 0.4) is 0 Å². The van der Waals surface area contributed by atoms with E-state index in [9.17, 15) is 8.60 Å². The van der Waals surface area contributed by atoms with Crippen molar-refractivity contribution < 1.29 is 18.3 Å². The number of nitrogens with one attached hydrogen (secondary N) is 1. The quantitative estimate of drug-likeness (QED) is 0.933. The van der Waals surface area contributed by atoms with Gasteiger partial charge in [0.2, 0.25) is 0 Å². The molecule has 0 aromatic heterocycles. The van der Waals surface area contributed by atoms with E-state index in [2.05, 4.69) is 4.72 Å². The summed E-state index contributed by atoms with van der Waals surface area (Å²) in [5.41, 5.74) is -0.552. The molecule has 112 valence electrons. The number of nitrogens with zero attached hydrogens (tertiary/aromatic N) is 1. The SMILES string of the molecule is CS(=O)Nc1ccc(N2OC(C)(C)C(C)(C)O2)c(F)c1. The van der Waals surface area contributed by atoms with Crippen molar-refractivity contribution in [1.29, 1.82) is 0 Å². The van der Waals surface area contributed by atoms with Crippen LogP contribution in [0.4, 0.5) is 15.8 Å². The molecule has 1 aromatic carbocycles. The van der Waals surface area contributed by atoms with E-state index in [1.165, 1.54) is 18.4 Å². The molecule has 1 atom stereocenters. The fourth-order valence-electron chi connectivity index (χ4n) is 1.64. The zero-order valence-corrected chi connectivity index (χ0v) is 13.0. The molecule has 1 unspecified atom stereocenters. The minimum absolute atomic E-state index is 0.177. The topological polar surface area (TPSA) is 50.8 Å². The van der Waals surface area contributed by atoms with Crippen LogP contribution in [0.15, 0.2) is 18.2 Å². The third-order valence-corrected chi connectivity index (χ3v) is 4.00. The Labute approximate surface area is 120 Å². The van der Waals surface area contributed by atoms with Gasteiger partial charge in [0.05, 0.1) is 0 Å². The van der Waals surface area contributed by atoms with Gasteiger partial charge in [0, 0.05) is 18.0 Å². The molecule has 0 bridgehead atoms. The van der Waals surface area contributed by atoms with Crippen molar-refractivity contribution in [3.8, 4) is 0 Å². The molecule has 1 aliphatic heterocycles. The molecule has 1 heterocycles. The third-order valence-electron chi connectivity index (χ3n) is 3.48. The Morgan fingerprint density at radius 3 is 2.20 bits per heavy atom. The van der Waals surface area contributed by atoms with Crippen LogP contribution in [0.25, 0.3) is 0 Å². The molecule has 1 N–H and O–H groups in total. The third kappa shape index (κ3) is 2.79. The summed E-state index contributed by atoms with van der Waals surface area (Å²) in [5, 5.41) is 1.10. The van der Waals surface area contributed by atoms with Gasteiger partial charge in [-0.1, -0.05) is 0 Å². The van der Waals surface area contributed by atoms with Gasteiger partial charge in [0.25, 0.3) is 0 Å². The molecule has 1 fully saturated rings. The van der Waals surface area contributed by atoms with E-state index >= 15 is 0 Å². The minimum atomic E-state index is -1.25. The van der Waals surface area contributed by atoms with E-state index in [0.717, 1.165) is 5.23 Å². The summed E-state index contributed by atoms with van der Waals surface area (Å²) in [7, 11) is -1.25. The molecular formula is C13H19FN2O3S. The summed E-state index contributed by atoms with van der Waals surface area (Å²) < 4.78 is 27.8. The van der Waals surface area contributed by atoms with Gasteiger partial charge in [-0.2, -0.15) is 0 Å². The van der Waals surface area contributed by atoms with Crippen LogP contribution in [0.5, 0.6) is 0 Å². The van der Waals surface area contributed by atoms with E-state index < -0.39 is 28.0 Å². The Bertz CT molecular complexity index is 532. The van der Waals surface area contributed by atoms with Gasteiger partial charge in [0.15, 0.2) is 5.82 Å². The van der Waals surface area contributed by atoms with Gasteiger partial charge in [0.1, 0.15) is 27.9 Å². The second-order valence-electron chi connectivity index (χ2n) is 5.68. The Morgan fingerprint density at radius 2 is 1.75 bits per heavy atom. The smallest absolute Gasteiger partial charge is 0.153 e. The van der Waals surface area contributed by atoms with Crippen LogP contribution in [-0.2, 0) is 20.7 Å². The Kier molecular flexibility index (Phi) is 3.79. The first-order valence-electron chi connectivity index (χ1n) is 6.20. The number of halogens is 1. The fourth-order valence-corrected chi connectivity index (χ4v) is 2.09. The average Bonchev–Trinajstić information content (AvgIpc) is 2.46. The number of benzene rings is 1. The molecule has 0 aliphatic carbocycles. The number of anilines is 2. The molecule has 1 aromatic rings. The lowest BCUT2D eigenvalue weighted by Gasteiger charge is -2.26. The van der Waals surface area contributed by atoms with Crippen molar-refractivity contribution in [2.45, 2.75) is 38.9 Å². The van der Waals surface area contributed by atoms with Crippen molar-refractivity contribution in [3.05, 3.63) is 24.0 Å². The lowest BCUT2D eigenvalue weighted by Crippen LogP contribution is -2.41. The molecule has 1 saturated heterocycles. The molecular weight excluding hydrogens is 283 g/mol. The molecule has 5 nitrogen and oxygen atoms in total. The van der Waals surface area contributed by atoms with Crippen LogP contribution in [0.2, 0.25) is 0 Å². The second-order valence-corrected chi connectivity index (χ2v) is 6.80. The fraction of sp³-hybridized carbons (Fsp3) is 0.538. The van der Waals surface area contributed by atoms with Crippen molar-refractivity contribution in [2.24, 2.45) is 0 Å². The number of hydrogen-bond acceptors (Lipinski definition) is 4. The van der Waals surface area contributed by atoms with Crippen molar-refractivity contribution in [3.63, 3.8) is 0 Å². The van der Waals surface area contributed by atoms with E-state index in [4.69, 9.17) is 9.68 Å². The zero-order chi connectivity index (χ0) is 15.1. The van der Waals surface area contributed by atoms with Crippen molar-refractivity contribution in [2.75, 3.05) is 16.2 Å². The maximum absolute atomic E-state index is 14.1. The highest BCUT2D eigenvalue weighted by atomic mass is 32.2. The van der Waals surface area contributed by atoms with Gasteiger partial charge >= 0.3 is 0 Å². The summed E-state index contributed by atoms with van der Waals surface area (Å²) >= 11 is 0. The van der Waals surface area contributed by atoms with Gasteiger partial charge in [-0.25, -0.2) is 18.3 Å². The Balaban J connectivity index is 2.25. The summed E-state index contributed by atoms with van der Waals surface area (Å²) in [6, 6.07) is 4.38. The summed E-state index contributed by atoms with van der Waals surface area (Å²) in [6.07, 6.45) is 1.48. The summed E-state index contributed by atoms with van der Waals surface area (Å²) in [4.78, 5) is 11.3.